The van der Waals surface area contributed by atoms with Crippen LogP contribution in [0.15, 0.2) is 42.5 Å². The molecular weight excluding hydrogens is 328 g/mol. The van der Waals surface area contributed by atoms with E-state index in [1.807, 2.05) is 24.3 Å². The number of hydrogen-bond acceptors (Lipinski definition) is 3. The van der Waals surface area contributed by atoms with Gasteiger partial charge in [0.2, 0.25) is 0 Å². The molecule has 2 aromatic rings. The van der Waals surface area contributed by atoms with Crippen LogP contribution in [0.25, 0.3) is 0 Å². The Labute approximate surface area is 145 Å². The maximum absolute atomic E-state index is 12.7. The van der Waals surface area contributed by atoms with Crippen LogP contribution in [0, 0.1) is 0 Å². The normalized spacial score (nSPS) is 14.2. The highest BCUT2D eigenvalue weighted by Crippen LogP contribution is 2.29. The molecule has 1 unspecified atom stereocenters. The van der Waals surface area contributed by atoms with Crippen LogP contribution < -0.4 is 15.4 Å². The van der Waals surface area contributed by atoms with Crippen molar-refractivity contribution in [1.29, 1.82) is 0 Å². The number of para-hydroxylation sites is 1. The van der Waals surface area contributed by atoms with Gasteiger partial charge >= 0.3 is 0 Å². The number of amides is 2. The summed E-state index contributed by atoms with van der Waals surface area (Å²) in [5.74, 6) is -0.566. The molecule has 2 N–H and O–H groups in total. The molecule has 1 aliphatic rings. The van der Waals surface area contributed by atoms with Gasteiger partial charge < -0.3 is 15.4 Å². The van der Waals surface area contributed by atoms with Crippen LogP contribution in [-0.2, 0) is 11.2 Å². The number of fused-ring (bicyclic) bond motifs is 1. The molecule has 0 aromatic heterocycles. The summed E-state index contributed by atoms with van der Waals surface area (Å²) >= 11 is 5.88. The molecule has 0 spiro atoms. The predicted octanol–water partition coefficient (Wildman–Crippen LogP) is 2.80. The van der Waals surface area contributed by atoms with Gasteiger partial charge in [-0.25, -0.2) is 0 Å². The van der Waals surface area contributed by atoms with Crippen molar-refractivity contribution in [2.45, 2.75) is 19.4 Å². The number of halogens is 1. The fourth-order valence-corrected chi connectivity index (χ4v) is 3.00. The van der Waals surface area contributed by atoms with Gasteiger partial charge in [0.1, 0.15) is 5.75 Å². The van der Waals surface area contributed by atoms with E-state index in [0.29, 0.717) is 11.6 Å². The molecule has 5 nitrogen and oxygen atoms in total. The molecule has 1 aliphatic heterocycles. The first kappa shape index (κ1) is 16.3. The molecule has 1 heterocycles. The van der Waals surface area contributed by atoms with Crippen LogP contribution in [-0.4, -0.2) is 24.5 Å². The lowest BCUT2D eigenvalue weighted by molar-refractivity contribution is -0.124. The number of benzene rings is 2. The number of carbonyl (C=O) groups excluding carboxylic acids is 2. The van der Waals surface area contributed by atoms with Crippen molar-refractivity contribution < 1.29 is 14.3 Å². The first-order chi connectivity index (χ1) is 11.5. The number of nitrogens with zero attached hydrogens (tertiary/aromatic N) is 1. The summed E-state index contributed by atoms with van der Waals surface area (Å²) < 4.78 is 5.70. The van der Waals surface area contributed by atoms with Gasteiger partial charge in [0.25, 0.3) is 11.8 Å². The molecule has 0 radical (unpaired) electrons. The summed E-state index contributed by atoms with van der Waals surface area (Å²) in [4.78, 5) is 26.0. The SMILES string of the molecule is CC(Oc1ccc(Cl)cc1C(N)=O)C(=O)N1CCc2ccccc21. The maximum Gasteiger partial charge on any atom is 0.267 e. The zero-order valence-electron chi connectivity index (χ0n) is 13.2. The Bertz CT molecular complexity index is 807. The van der Waals surface area contributed by atoms with Crippen molar-refractivity contribution in [1.82, 2.24) is 0 Å². The van der Waals surface area contributed by atoms with Gasteiger partial charge in [-0.3, -0.25) is 9.59 Å². The second kappa shape index (κ2) is 6.53. The number of ether oxygens (including phenoxy) is 1. The average molecular weight is 345 g/mol. The molecular formula is C18H17ClN2O3. The van der Waals surface area contributed by atoms with Crippen molar-refractivity contribution in [2.75, 3.05) is 11.4 Å². The Kier molecular flexibility index (Phi) is 4.44. The van der Waals surface area contributed by atoms with E-state index in [-0.39, 0.29) is 17.2 Å². The number of primary amides is 1. The van der Waals surface area contributed by atoms with E-state index in [1.54, 1.807) is 24.0 Å². The quantitative estimate of drug-likeness (QED) is 0.926. The van der Waals surface area contributed by atoms with Crippen LogP contribution in [0.1, 0.15) is 22.8 Å². The molecule has 0 fully saturated rings. The van der Waals surface area contributed by atoms with Crippen molar-refractivity contribution >= 4 is 29.1 Å². The molecule has 0 saturated heterocycles. The largest absolute Gasteiger partial charge is 0.480 e. The van der Waals surface area contributed by atoms with Crippen molar-refractivity contribution in [3.8, 4) is 5.75 Å². The van der Waals surface area contributed by atoms with E-state index < -0.39 is 12.0 Å². The first-order valence-electron chi connectivity index (χ1n) is 7.62. The van der Waals surface area contributed by atoms with Gasteiger partial charge in [-0.05, 0) is 43.2 Å². The van der Waals surface area contributed by atoms with Crippen LogP contribution in [0.2, 0.25) is 5.02 Å². The second-order valence-electron chi connectivity index (χ2n) is 5.63. The number of hydrogen-bond donors (Lipinski definition) is 1. The predicted molar refractivity (Wildman–Crippen MR) is 92.6 cm³/mol. The Morgan fingerprint density at radius 2 is 2.00 bits per heavy atom. The number of carbonyl (C=O) groups is 2. The van der Waals surface area contributed by atoms with Gasteiger partial charge in [-0.15, -0.1) is 0 Å². The van der Waals surface area contributed by atoms with Gasteiger partial charge in [0.05, 0.1) is 5.56 Å². The maximum atomic E-state index is 12.7. The van der Waals surface area contributed by atoms with Crippen molar-refractivity contribution in [2.24, 2.45) is 5.73 Å². The highest BCUT2D eigenvalue weighted by Gasteiger charge is 2.29. The zero-order valence-corrected chi connectivity index (χ0v) is 13.9. The third kappa shape index (κ3) is 3.08. The number of nitrogens with two attached hydrogens (primary N) is 1. The van der Waals surface area contributed by atoms with Gasteiger partial charge in [0, 0.05) is 17.3 Å². The molecule has 6 heteroatoms. The van der Waals surface area contributed by atoms with E-state index in [2.05, 4.69) is 0 Å². The lowest BCUT2D eigenvalue weighted by atomic mass is 10.2. The summed E-state index contributed by atoms with van der Waals surface area (Å²) in [6, 6.07) is 12.4. The second-order valence-corrected chi connectivity index (χ2v) is 6.07. The Balaban J connectivity index is 1.80. The summed E-state index contributed by atoms with van der Waals surface area (Å²) in [5, 5.41) is 0.378. The van der Waals surface area contributed by atoms with Crippen LogP contribution in [0.5, 0.6) is 5.75 Å². The third-order valence-electron chi connectivity index (χ3n) is 4.01. The van der Waals surface area contributed by atoms with Crippen LogP contribution in [0.3, 0.4) is 0 Å². The van der Waals surface area contributed by atoms with Gasteiger partial charge in [0.15, 0.2) is 6.10 Å². The van der Waals surface area contributed by atoms with E-state index >= 15 is 0 Å². The minimum atomic E-state index is -0.754. The molecule has 124 valence electrons. The molecule has 24 heavy (non-hydrogen) atoms. The van der Waals surface area contributed by atoms with E-state index in [1.165, 1.54) is 6.07 Å². The molecule has 0 saturated carbocycles. The molecule has 2 aromatic carbocycles. The molecule has 0 bridgehead atoms. The lowest BCUT2D eigenvalue weighted by Crippen LogP contribution is -2.39. The van der Waals surface area contributed by atoms with E-state index in [4.69, 9.17) is 22.1 Å². The Morgan fingerprint density at radius 1 is 1.25 bits per heavy atom. The minimum absolute atomic E-state index is 0.156. The average Bonchev–Trinajstić information content (AvgIpc) is 2.99. The zero-order chi connectivity index (χ0) is 17.3. The minimum Gasteiger partial charge on any atom is -0.480 e. The van der Waals surface area contributed by atoms with Crippen molar-refractivity contribution in [3.63, 3.8) is 0 Å². The smallest absolute Gasteiger partial charge is 0.267 e. The number of anilines is 1. The van der Waals surface area contributed by atoms with Gasteiger partial charge in [-0.2, -0.15) is 0 Å². The monoisotopic (exact) mass is 344 g/mol. The molecule has 1 atom stereocenters. The molecule has 2 amide bonds. The molecule has 0 aliphatic carbocycles. The summed E-state index contributed by atoms with van der Waals surface area (Å²) in [7, 11) is 0. The summed E-state index contributed by atoms with van der Waals surface area (Å²) in [5.41, 5.74) is 7.55. The summed E-state index contributed by atoms with van der Waals surface area (Å²) in [6.45, 7) is 2.28. The van der Waals surface area contributed by atoms with E-state index in [9.17, 15) is 9.59 Å². The topological polar surface area (TPSA) is 72.6 Å². The fourth-order valence-electron chi connectivity index (χ4n) is 2.83. The van der Waals surface area contributed by atoms with Crippen LogP contribution in [0.4, 0.5) is 5.69 Å². The fraction of sp³-hybridized carbons (Fsp3) is 0.222. The number of rotatable bonds is 4. The molecule has 3 rings (SSSR count). The standard InChI is InChI=1S/C18H17ClN2O3/c1-11(24-16-7-6-13(19)10-14(16)17(20)22)18(23)21-9-8-12-4-2-3-5-15(12)21/h2-7,10-11H,8-9H2,1H3,(H2,20,22). The lowest BCUT2D eigenvalue weighted by Gasteiger charge is -2.23. The van der Waals surface area contributed by atoms with E-state index in [0.717, 1.165) is 17.7 Å². The van der Waals surface area contributed by atoms with Crippen LogP contribution >= 0.6 is 11.6 Å². The summed E-state index contributed by atoms with van der Waals surface area (Å²) in [6.07, 6.45) is 0.0673. The van der Waals surface area contributed by atoms with Gasteiger partial charge in [-0.1, -0.05) is 29.8 Å². The third-order valence-corrected chi connectivity index (χ3v) is 4.25. The Hall–Kier alpha value is -2.53. The first-order valence-corrected chi connectivity index (χ1v) is 8.00. The highest BCUT2D eigenvalue weighted by atomic mass is 35.5. The highest BCUT2D eigenvalue weighted by molar-refractivity contribution is 6.31. The Morgan fingerprint density at radius 3 is 2.75 bits per heavy atom. The van der Waals surface area contributed by atoms with Crippen molar-refractivity contribution in [3.05, 3.63) is 58.6 Å².